The minimum atomic E-state index is -0.864. The number of ether oxygens (including phenoxy) is 1. The van der Waals surface area contributed by atoms with Gasteiger partial charge >= 0.3 is 0 Å². The summed E-state index contributed by atoms with van der Waals surface area (Å²) in [4.78, 5) is 13.5. The van der Waals surface area contributed by atoms with Crippen LogP contribution in [0.2, 0.25) is 0 Å². The van der Waals surface area contributed by atoms with Gasteiger partial charge in [-0.2, -0.15) is 15.1 Å². The SMILES string of the molecule is Cn1ncc2c(NCc3cc(F)ccc3N3CCOCC3)nc(N3CCc4ccc(F)c(F)c4C3)nc21. The van der Waals surface area contributed by atoms with E-state index in [9.17, 15) is 13.2 Å². The quantitative estimate of drug-likeness (QED) is 0.439. The van der Waals surface area contributed by atoms with Crippen LogP contribution in [-0.4, -0.2) is 52.6 Å². The number of morpholine rings is 1. The van der Waals surface area contributed by atoms with Crippen LogP contribution in [0.1, 0.15) is 16.7 Å². The summed E-state index contributed by atoms with van der Waals surface area (Å²) in [6.45, 7) is 3.76. The van der Waals surface area contributed by atoms with Crippen LogP contribution in [0.25, 0.3) is 11.0 Å². The lowest BCUT2D eigenvalue weighted by molar-refractivity contribution is 0.122. The number of rotatable bonds is 5. The van der Waals surface area contributed by atoms with E-state index >= 15 is 0 Å². The molecule has 4 aromatic rings. The van der Waals surface area contributed by atoms with Crippen LogP contribution in [0.5, 0.6) is 0 Å². The summed E-state index contributed by atoms with van der Waals surface area (Å²) in [5.41, 5.74) is 3.45. The van der Waals surface area contributed by atoms with Crippen LogP contribution in [-0.2, 0) is 31.3 Å². The average molecular weight is 510 g/mol. The number of aromatic nitrogens is 4. The smallest absolute Gasteiger partial charge is 0.229 e. The monoisotopic (exact) mass is 509 g/mol. The molecule has 0 unspecified atom stereocenters. The van der Waals surface area contributed by atoms with Crippen molar-refractivity contribution < 1.29 is 17.9 Å². The van der Waals surface area contributed by atoms with Crippen molar-refractivity contribution >= 4 is 28.5 Å². The Balaban J connectivity index is 1.32. The topological polar surface area (TPSA) is 71.3 Å². The van der Waals surface area contributed by atoms with Gasteiger partial charge in [0.25, 0.3) is 0 Å². The van der Waals surface area contributed by atoms with Gasteiger partial charge in [-0.05, 0) is 41.8 Å². The van der Waals surface area contributed by atoms with Crippen molar-refractivity contribution in [2.75, 3.05) is 48.0 Å². The fourth-order valence-corrected chi connectivity index (χ4v) is 5.01. The Morgan fingerprint density at radius 2 is 1.84 bits per heavy atom. The third kappa shape index (κ3) is 4.43. The second-order valence-electron chi connectivity index (χ2n) is 9.27. The maximum Gasteiger partial charge on any atom is 0.229 e. The maximum atomic E-state index is 14.5. The summed E-state index contributed by atoms with van der Waals surface area (Å²) in [6.07, 6.45) is 2.23. The van der Waals surface area contributed by atoms with Crippen molar-refractivity contribution in [1.29, 1.82) is 0 Å². The Labute approximate surface area is 211 Å². The lowest BCUT2D eigenvalue weighted by Crippen LogP contribution is -2.37. The van der Waals surface area contributed by atoms with Gasteiger partial charge in [0, 0.05) is 51.0 Å². The van der Waals surface area contributed by atoms with Gasteiger partial charge in [-0.25, -0.2) is 13.2 Å². The number of nitrogens with zero attached hydrogens (tertiary/aromatic N) is 6. The molecule has 0 atom stereocenters. The molecule has 4 heterocycles. The van der Waals surface area contributed by atoms with Gasteiger partial charge in [-0.1, -0.05) is 6.07 Å². The molecule has 192 valence electrons. The van der Waals surface area contributed by atoms with E-state index in [1.54, 1.807) is 30.1 Å². The minimum Gasteiger partial charge on any atom is -0.378 e. The highest BCUT2D eigenvalue weighted by atomic mass is 19.2. The van der Waals surface area contributed by atoms with Gasteiger partial charge in [0.2, 0.25) is 5.95 Å². The molecule has 2 aliphatic heterocycles. The number of aryl methyl sites for hydroxylation is 1. The fourth-order valence-electron chi connectivity index (χ4n) is 5.01. The second-order valence-corrected chi connectivity index (χ2v) is 9.27. The Morgan fingerprint density at radius 3 is 2.68 bits per heavy atom. The van der Waals surface area contributed by atoms with Gasteiger partial charge < -0.3 is 19.9 Å². The molecule has 11 heteroatoms. The standard InChI is InChI=1S/C26H26F3N7O/c1-34-25-19(14-31-34)24(30-13-17-12-18(27)3-5-22(17)35-8-10-37-11-9-35)32-26(33-25)36-7-6-16-2-4-21(28)23(29)20(16)15-36/h2-5,12,14H,6-11,13,15H2,1H3,(H,30,32,33). The first-order valence-electron chi connectivity index (χ1n) is 12.2. The Hall–Kier alpha value is -3.86. The molecular weight excluding hydrogens is 483 g/mol. The molecule has 0 aliphatic carbocycles. The van der Waals surface area contributed by atoms with Crippen molar-refractivity contribution in [2.45, 2.75) is 19.5 Å². The zero-order chi connectivity index (χ0) is 25.5. The summed E-state index contributed by atoms with van der Waals surface area (Å²) < 4.78 is 49.8. The molecule has 0 amide bonds. The Morgan fingerprint density at radius 1 is 1.00 bits per heavy atom. The van der Waals surface area contributed by atoms with E-state index in [4.69, 9.17) is 9.72 Å². The molecule has 1 fully saturated rings. The lowest BCUT2D eigenvalue weighted by atomic mass is 9.99. The molecule has 0 saturated carbocycles. The van der Waals surface area contributed by atoms with Crippen LogP contribution < -0.4 is 15.1 Å². The van der Waals surface area contributed by atoms with Crippen molar-refractivity contribution in [1.82, 2.24) is 19.7 Å². The van der Waals surface area contributed by atoms with E-state index in [1.807, 2.05) is 4.90 Å². The number of nitrogens with one attached hydrogen (secondary N) is 1. The molecule has 2 aliphatic rings. The van der Waals surface area contributed by atoms with Crippen LogP contribution in [0, 0.1) is 17.5 Å². The molecule has 0 bridgehead atoms. The average Bonchev–Trinajstić information content (AvgIpc) is 3.30. The van der Waals surface area contributed by atoms with E-state index in [0.717, 1.165) is 29.9 Å². The van der Waals surface area contributed by atoms with E-state index in [1.165, 1.54) is 18.2 Å². The molecule has 2 aromatic carbocycles. The summed E-state index contributed by atoms with van der Waals surface area (Å²) in [7, 11) is 1.78. The van der Waals surface area contributed by atoms with Gasteiger partial charge in [0.15, 0.2) is 17.3 Å². The third-order valence-corrected chi connectivity index (χ3v) is 7.00. The molecule has 2 aromatic heterocycles. The number of anilines is 3. The Bertz CT molecular complexity index is 1470. The number of hydrogen-bond donors (Lipinski definition) is 1. The second kappa shape index (κ2) is 9.55. The largest absolute Gasteiger partial charge is 0.378 e. The maximum absolute atomic E-state index is 14.5. The summed E-state index contributed by atoms with van der Waals surface area (Å²) in [6, 6.07) is 7.59. The van der Waals surface area contributed by atoms with Crippen LogP contribution >= 0.6 is 0 Å². The van der Waals surface area contributed by atoms with Gasteiger partial charge in [0.05, 0.1) is 24.8 Å². The van der Waals surface area contributed by atoms with Gasteiger partial charge in [0.1, 0.15) is 11.6 Å². The van der Waals surface area contributed by atoms with E-state index in [0.29, 0.717) is 61.1 Å². The van der Waals surface area contributed by atoms with Crippen molar-refractivity contribution in [3.8, 4) is 0 Å². The summed E-state index contributed by atoms with van der Waals surface area (Å²) >= 11 is 0. The summed E-state index contributed by atoms with van der Waals surface area (Å²) in [5, 5.41) is 8.39. The zero-order valence-corrected chi connectivity index (χ0v) is 20.3. The van der Waals surface area contributed by atoms with Crippen LogP contribution in [0.15, 0.2) is 36.5 Å². The van der Waals surface area contributed by atoms with E-state index in [2.05, 4.69) is 20.3 Å². The summed E-state index contributed by atoms with van der Waals surface area (Å²) in [5.74, 6) is -1.08. The van der Waals surface area contributed by atoms with E-state index < -0.39 is 11.6 Å². The third-order valence-electron chi connectivity index (χ3n) is 7.00. The molecule has 1 N–H and O–H groups in total. The Kier molecular flexibility index (Phi) is 6.07. The highest BCUT2D eigenvalue weighted by Crippen LogP contribution is 2.30. The lowest BCUT2D eigenvalue weighted by Gasteiger charge is -2.31. The first-order chi connectivity index (χ1) is 18.0. The molecule has 1 saturated heterocycles. The first kappa shape index (κ1) is 23.5. The zero-order valence-electron chi connectivity index (χ0n) is 20.3. The van der Waals surface area contributed by atoms with Crippen molar-refractivity contribution in [3.63, 3.8) is 0 Å². The van der Waals surface area contributed by atoms with Gasteiger partial charge in [-0.3, -0.25) is 4.68 Å². The highest BCUT2D eigenvalue weighted by Gasteiger charge is 2.25. The van der Waals surface area contributed by atoms with E-state index in [-0.39, 0.29) is 12.4 Å². The van der Waals surface area contributed by atoms with Crippen molar-refractivity contribution in [2.24, 2.45) is 7.05 Å². The molecular formula is C26H26F3N7O. The van der Waals surface area contributed by atoms with Crippen molar-refractivity contribution in [3.05, 3.63) is 70.7 Å². The van der Waals surface area contributed by atoms with Crippen LogP contribution in [0.4, 0.5) is 30.6 Å². The van der Waals surface area contributed by atoms with Crippen LogP contribution in [0.3, 0.4) is 0 Å². The number of benzene rings is 2. The van der Waals surface area contributed by atoms with Gasteiger partial charge in [-0.15, -0.1) is 0 Å². The molecule has 37 heavy (non-hydrogen) atoms. The predicted octanol–water partition coefficient (Wildman–Crippen LogP) is 3.79. The number of halogens is 3. The molecule has 6 rings (SSSR count). The number of fused-ring (bicyclic) bond motifs is 2. The fraction of sp³-hybridized carbons (Fsp3) is 0.346. The molecule has 0 spiro atoms. The normalized spacial score (nSPS) is 15.8. The number of hydrogen-bond acceptors (Lipinski definition) is 7. The predicted molar refractivity (Wildman–Crippen MR) is 134 cm³/mol. The minimum absolute atomic E-state index is 0.160. The highest BCUT2D eigenvalue weighted by molar-refractivity contribution is 5.87. The molecule has 0 radical (unpaired) electrons. The molecule has 8 nitrogen and oxygen atoms in total. The first-order valence-corrected chi connectivity index (χ1v) is 12.2.